The summed E-state index contributed by atoms with van der Waals surface area (Å²) in [4.78, 5) is 14.4. The van der Waals surface area contributed by atoms with Crippen molar-refractivity contribution in [2.24, 2.45) is 0 Å². The van der Waals surface area contributed by atoms with E-state index in [2.05, 4.69) is 10.2 Å². The second-order valence-corrected chi connectivity index (χ2v) is 7.18. The number of nitrogens with zero attached hydrogens (tertiary/aromatic N) is 1. The highest BCUT2D eigenvalue weighted by molar-refractivity contribution is 8.23. The highest BCUT2D eigenvalue weighted by atomic mass is 32.2. The number of carbonyl (C=O) groups excluding carboxylic acids is 1. The number of benzene rings is 1. The molecule has 0 bridgehead atoms. The molecule has 1 aliphatic rings. The SMILES string of the molecule is COc1ccc(NC(=O)CSC(=S)N2CCCCCC2)cc1OC. The van der Waals surface area contributed by atoms with Crippen molar-refractivity contribution < 1.29 is 14.3 Å². The summed E-state index contributed by atoms with van der Waals surface area (Å²) in [5, 5.41) is 2.87. The van der Waals surface area contributed by atoms with E-state index in [-0.39, 0.29) is 5.91 Å². The molecule has 1 amide bonds. The van der Waals surface area contributed by atoms with Crippen molar-refractivity contribution in [3.8, 4) is 11.5 Å². The number of nitrogens with one attached hydrogen (secondary N) is 1. The van der Waals surface area contributed by atoms with Crippen LogP contribution < -0.4 is 14.8 Å². The fourth-order valence-electron chi connectivity index (χ4n) is 2.58. The van der Waals surface area contributed by atoms with Crippen molar-refractivity contribution >= 4 is 39.9 Å². The van der Waals surface area contributed by atoms with Crippen LogP contribution in [0.25, 0.3) is 0 Å². The van der Waals surface area contributed by atoms with Crippen LogP contribution in [0.2, 0.25) is 0 Å². The van der Waals surface area contributed by atoms with Gasteiger partial charge < -0.3 is 19.7 Å². The van der Waals surface area contributed by atoms with Crippen LogP contribution in [0.5, 0.6) is 11.5 Å². The van der Waals surface area contributed by atoms with Crippen LogP contribution in [0.15, 0.2) is 18.2 Å². The molecule has 0 aromatic heterocycles. The van der Waals surface area contributed by atoms with E-state index in [0.29, 0.717) is 22.9 Å². The Hall–Kier alpha value is -1.47. The maximum atomic E-state index is 12.1. The van der Waals surface area contributed by atoms with Crippen LogP contribution in [0, 0.1) is 0 Å². The second-order valence-electron chi connectivity index (χ2n) is 5.57. The molecular formula is C17H24N2O3S2. The van der Waals surface area contributed by atoms with Gasteiger partial charge in [-0.05, 0) is 25.0 Å². The third-order valence-electron chi connectivity index (χ3n) is 3.86. The first kappa shape index (κ1) is 18.9. The van der Waals surface area contributed by atoms with Crippen LogP contribution in [0.3, 0.4) is 0 Å². The van der Waals surface area contributed by atoms with E-state index in [1.165, 1.54) is 37.4 Å². The normalized spacial score (nSPS) is 14.7. The van der Waals surface area contributed by atoms with Crippen molar-refractivity contribution in [1.29, 1.82) is 0 Å². The lowest BCUT2D eigenvalue weighted by molar-refractivity contribution is -0.113. The number of hydrogen-bond donors (Lipinski definition) is 1. The number of likely N-dealkylation sites (tertiary alicyclic amines) is 1. The Morgan fingerprint density at radius 1 is 1.17 bits per heavy atom. The van der Waals surface area contributed by atoms with Crippen LogP contribution in [0.1, 0.15) is 25.7 Å². The molecule has 1 fully saturated rings. The fourth-order valence-corrected chi connectivity index (χ4v) is 3.63. The Morgan fingerprint density at radius 2 is 1.83 bits per heavy atom. The largest absolute Gasteiger partial charge is 0.493 e. The van der Waals surface area contributed by atoms with Crippen molar-refractivity contribution in [3.63, 3.8) is 0 Å². The lowest BCUT2D eigenvalue weighted by atomic mass is 10.2. The van der Waals surface area contributed by atoms with Crippen LogP contribution in [-0.2, 0) is 4.79 Å². The lowest BCUT2D eigenvalue weighted by Gasteiger charge is -2.22. The quantitative estimate of drug-likeness (QED) is 0.803. The molecule has 0 radical (unpaired) electrons. The Kier molecular flexibility index (Phi) is 7.65. The molecule has 0 unspecified atom stereocenters. The number of hydrogen-bond acceptors (Lipinski definition) is 5. The zero-order chi connectivity index (χ0) is 17.4. The Labute approximate surface area is 153 Å². The number of amides is 1. The first-order chi connectivity index (χ1) is 11.6. The predicted molar refractivity (Wildman–Crippen MR) is 103 cm³/mol. The summed E-state index contributed by atoms with van der Waals surface area (Å²) in [5.41, 5.74) is 0.680. The highest BCUT2D eigenvalue weighted by Gasteiger charge is 2.14. The number of anilines is 1. The molecule has 24 heavy (non-hydrogen) atoms. The number of rotatable bonds is 5. The number of thioether (sulfide) groups is 1. The lowest BCUT2D eigenvalue weighted by Crippen LogP contribution is -2.29. The Balaban J connectivity index is 1.83. The number of methoxy groups -OCH3 is 2. The molecule has 2 rings (SSSR count). The van der Waals surface area contributed by atoms with Gasteiger partial charge in [0.05, 0.1) is 20.0 Å². The van der Waals surface area contributed by atoms with Crippen LogP contribution in [-0.4, -0.2) is 48.2 Å². The molecule has 0 aliphatic carbocycles. The van der Waals surface area contributed by atoms with E-state index in [4.69, 9.17) is 21.7 Å². The molecule has 1 aromatic carbocycles. The third-order valence-corrected chi connectivity index (χ3v) is 5.38. The van der Waals surface area contributed by atoms with E-state index in [1.54, 1.807) is 32.4 Å². The minimum atomic E-state index is -0.0793. The summed E-state index contributed by atoms with van der Waals surface area (Å²) in [6.07, 6.45) is 4.89. The smallest absolute Gasteiger partial charge is 0.234 e. The van der Waals surface area contributed by atoms with E-state index in [0.717, 1.165) is 17.4 Å². The average molecular weight is 369 g/mol. The fraction of sp³-hybridized carbons (Fsp3) is 0.529. The molecular weight excluding hydrogens is 344 g/mol. The zero-order valence-corrected chi connectivity index (χ0v) is 15.8. The molecule has 132 valence electrons. The van der Waals surface area contributed by atoms with Gasteiger partial charge in [0.2, 0.25) is 5.91 Å². The zero-order valence-electron chi connectivity index (χ0n) is 14.2. The maximum Gasteiger partial charge on any atom is 0.234 e. The highest BCUT2D eigenvalue weighted by Crippen LogP contribution is 2.29. The van der Waals surface area contributed by atoms with Gasteiger partial charge in [-0.1, -0.05) is 36.8 Å². The van der Waals surface area contributed by atoms with Gasteiger partial charge in [0.15, 0.2) is 11.5 Å². The molecule has 1 aliphatic heterocycles. The van der Waals surface area contributed by atoms with Gasteiger partial charge in [-0.2, -0.15) is 0 Å². The topological polar surface area (TPSA) is 50.8 Å². The van der Waals surface area contributed by atoms with E-state index < -0.39 is 0 Å². The number of thiocarbonyl (C=S) groups is 1. The van der Waals surface area contributed by atoms with E-state index in [1.807, 2.05) is 0 Å². The molecule has 1 heterocycles. The summed E-state index contributed by atoms with van der Waals surface area (Å²) in [7, 11) is 3.15. The number of ether oxygens (including phenoxy) is 2. The molecule has 7 heteroatoms. The molecule has 0 saturated carbocycles. The van der Waals surface area contributed by atoms with Gasteiger partial charge in [0.25, 0.3) is 0 Å². The summed E-state index contributed by atoms with van der Waals surface area (Å²) in [6.45, 7) is 2.01. The van der Waals surface area contributed by atoms with E-state index in [9.17, 15) is 4.79 Å². The van der Waals surface area contributed by atoms with Gasteiger partial charge in [0, 0.05) is 24.8 Å². The predicted octanol–water partition coefficient (Wildman–Crippen LogP) is 3.54. The van der Waals surface area contributed by atoms with Gasteiger partial charge in [0.1, 0.15) is 4.32 Å². The molecule has 1 saturated heterocycles. The van der Waals surface area contributed by atoms with Crippen LogP contribution in [0.4, 0.5) is 5.69 Å². The number of carbonyl (C=O) groups is 1. The second kappa shape index (κ2) is 9.74. The van der Waals surface area contributed by atoms with Gasteiger partial charge >= 0.3 is 0 Å². The Morgan fingerprint density at radius 3 is 2.46 bits per heavy atom. The molecule has 0 atom stereocenters. The average Bonchev–Trinajstić information content (AvgIpc) is 2.89. The van der Waals surface area contributed by atoms with Gasteiger partial charge in [-0.3, -0.25) is 4.79 Å². The van der Waals surface area contributed by atoms with Gasteiger partial charge in [-0.25, -0.2) is 0 Å². The van der Waals surface area contributed by atoms with Crippen LogP contribution >= 0.6 is 24.0 Å². The van der Waals surface area contributed by atoms with Crippen molar-refractivity contribution in [1.82, 2.24) is 4.90 Å². The first-order valence-corrected chi connectivity index (χ1v) is 9.47. The van der Waals surface area contributed by atoms with Crippen molar-refractivity contribution in [2.75, 3.05) is 38.4 Å². The summed E-state index contributed by atoms with van der Waals surface area (Å²) < 4.78 is 11.2. The minimum Gasteiger partial charge on any atom is -0.493 e. The molecule has 0 spiro atoms. The third kappa shape index (κ3) is 5.56. The van der Waals surface area contributed by atoms with Crippen molar-refractivity contribution in [2.45, 2.75) is 25.7 Å². The summed E-state index contributed by atoms with van der Waals surface area (Å²) in [5.74, 6) is 1.45. The minimum absolute atomic E-state index is 0.0793. The molecule has 1 aromatic rings. The molecule has 5 nitrogen and oxygen atoms in total. The van der Waals surface area contributed by atoms with Crippen molar-refractivity contribution in [3.05, 3.63) is 18.2 Å². The summed E-state index contributed by atoms with van der Waals surface area (Å²) >= 11 is 6.89. The summed E-state index contributed by atoms with van der Waals surface area (Å²) in [6, 6.07) is 5.30. The first-order valence-electron chi connectivity index (χ1n) is 8.07. The van der Waals surface area contributed by atoms with Gasteiger partial charge in [-0.15, -0.1) is 0 Å². The Bertz CT molecular complexity index is 573. The monoisotopic (exact) mass is 368 g/mol. The van der Waals surface area contributed by atoms with E-state index >= 15 is 0 Å². The molecule has 1 N–H and O–H groups in total. The standard InChI is InChI=1S/C17H24N2O3S2/c1-21-14-8-7-13(11-15(14)22-2)18-16(20)12-24-17(23)19-9-5-3-4-6-10-19/h7-8,11H,3-6,9-10,12H2,1-2H3,(H,18,20). The maximum absolute atomic E-state index is 12.1.